The molecule has 5 nitrogen and oxygen atoms in total. The molecule has 8 heteroatoms. The second-order valence-electron chi connectivity index (χ2n) is 4.33. The van der Waals surface area contributed by atoms with Gasteiger partial charge in [-0.05, 0) is 31.5 Å². The number of aromatic nitrogens is 3. The molecule has 20 heavy (non-hydrogen) atoms. The van der Waals surface area contributed by atoms with Crippen molar-refractivity contribution in [3.05, 3.63) is 39.4 Å². The zero-order valence-corrected chi connectivity index (χ0v) is 10.7. The van der Waals surface area contributed by atoms with Crippen LogP contribution in [0.1, 0.15) is 17.0 Å². The molecule has 0 spiro atoms. The summed E-state index contributed by atoms with van der Waals surface area (Å²) in [6, 6.07) is 2.35. The largest absolute Gasteiger partial charge is 0.433 e. The first-order chi connectivity index (χ1) is 9.18. The maximum absolute atomic E-state index is 12.7. The summed E-state index contributed by atoms with van der Waals surface area (Å²) in [5.41, 5.74) is 4.61. The van der Waals surface area contributed by atoms with E-state index in [1.54, 1.807) is 19.9 Å². The van der Waals surface area contributed by atoms with E-state index in [1.165, 1.54) is 0 Å². The van der Waals surface area contributed by atoms with Crippen LogP contribution in [0.4, 0.5) is 19.1 Å². The Labute approximate surface area is 111 Å². The molecule has 0 aromatic carbocycles. The van der Waals surface area contributed by atoms with Gasteiger partial charge in [0.2, 0.25) is 5.95 Å². The summed E-state index contributed by atoms with van der Waals surface area (Å²) in [5.74, 6) is -0.533. The summed E-state index contributed by atoms with van der Waals surface area (Å²) in [6.45, 7) is 3.29. The normalized spacial score (nSPS) is 11.7. The molecule has 2 rings (SSSR count). The molecule has 2 aromatic heterocycles. The fourth-order valence-electron chi connectivity index (χ4n) is 1.91. The molecule has 0 saturated heterocycles. The van der Waals surface area contributed by atoms with Crippen LogP contribution in [0.25, 0.3) is 11.3 Å². The summed E-state index contributed by atoms with van der Waals surface area (Å²) in [7, 11) is 0. The summed E-state index contributed by atoms with van der Waals surface area (Å²) in [4.78, 5) is 21.3. The number of rotatable bonds is 1. The number of alkyl halides is 3. The Bertz CT molecular complexity index is 722. The van der Waals surface area contributed by atoms with E-state index in [4.69, 9.17) is 5.73 Å². The molecule has 0 aliphatic carbocycles. The lowest BCUT2D eigenvalue weighted by atomic mass is 10.1. The Morgan fingerprint density at radius 2 is 1.85 bits per heavy atom. The van der Waals surface area contributed by atoms with E-state index in [2.05, 4.69) is 15.0 Å². The van der Waals surface area contributed by atoms with Gasteiger partial charge in [0.1, 0.15) is 0 Å². The Hall–Kier alpha value is -2.38. The number of aromatic amines is 1. The fourth-order valence-corrected chi connectivity index (χ4v) is 1.91. The van der Waals surface area contributed by atoms with Gasteiger partial charge in [0.25, 0.3) is 5.56 Å². The van der Waals surface area contributed by atoms with Crippen molar-refractivity contribution in [3.63, 3.8) is 0 Å². The maximum atomic E-state index is 12.7. The highest BCUT2D eigenvalue weighted by Gasteiger charge is 2.34. The molecule has 0 aliphatic rings. The minimum atomic E-state index is -4.66. The highest BCUT2D eigenvalue weighted by molar-refractivity contribution is 5.63. The van der Waals surface area contributed by atoms with Gasteiger partial charge in [0.15, 0.2) is 5.69 Å². The molecule has 0 atom stereocenters. The van der Waals surface area contributed by atoms with Gasteiger partial charge < -0.3 is 10.7 Å². The Morgan fingerprint density at radius 3 is 2.40 bits per heavy atom. The van der Waals surface area contributed by atoms with Crippen LogP contribution in [-0.2, 0) is 6.18 Å². The summed E-state index contributed by atoms with van der Waals surface area (Å²) in [5, 5.41) is 0. The van der Waals surface area contributed by atoms with Crippen LogP contribution in [0, 0.1) is 13.8 Å². The number of hydrogen-bond donors (Lipinski definition) is 2. The first kappa shape index (κ1) is 14.0. The lowest BCUT2D eigenvalue weighted by Crippen LogP contribution is -2.16. The standard InChI is InChI=1S/C12H11F3N4O/c1-5-3-6(2)17-10(20)9(5)7-4-8(12(13,14)15)19-11(16)18-7/h3-4H,1-2H3,(H,17,20)(H2,16,18,19). The van der Waals surface area contributed by atoms with E-state index in [9.17, 15) is 18.0 Å². The van der Waals surface area contributed by atoms with Gasteiger partial charge in [0, 0.05) is 5.69 Å². The van der Waals surface area contributed by atoms with Crippen molar-refractivity contribution < 1.29 is 13.2 Å². The lowest BCUT2D eigenvalue weighted by Gasteiger charge is -2.10. The van der Waals surface area contributed by atoms with E-state index in [0.29, 0.717) is 17.3 Å². The summed E-state index contributed by atoms with van der Waals surface area (Å²) in [6.07, 6.45) is -4.66. The molecule has 0 fully saturated rings. The van der Waals surface area contributed by atoms with Crippen LogP contribution in [0.5, 0.6) is 0 Å². The molecule has 0 unspecified atom stereocenters. The predicted octanol–water partition coefficient (Wildman–Crippen LogP) is 2.05. The molecule has 2 heterocycles. The van der Waals surface area contributed by atoms with Gasteiger partial charge in [-0.25, -0.2) is 9.97 Å². The number of nitrogens with two attached hydrogens (primary N) is 1. The van der Waals surface area contributed by atoms with Crippen molar-refractivity contribution in [2.75, 3.05) is 5.73 Å². The molecule has 106 valence electrons. The van der Waals surface area contributed by atoms with Crippen molar-refractivity contribution in [1.29, 1.82) is 0 Å². The van der Waals surface area contributed by atoms with Crippen molar-refractivity contribution in [3.8, 4) is 11.3 Å². The maximum Gasteiger partial charge on any atom is 0.433 e. The van der Waals surface area contributed by atoms with Gasteiger partial charge in [-0.15, -0.1) is 0 Å². The molecule has 2 aromatic rings. The third kappa shape index (κ3) is 2.63. The second-order valence-corrected chi connectivity index (χ2v) is 4.33. The highest BCUT2D eigenvalue weighted by atomic mass is 19.4. The Kier molecular flexibility index (Phi) is 3.24. The average Bonchev–Trinajstić information content (AvgIpc) is 2.25. The molecule has 0 aliphatic heterocycles. The number of hydrogen-bond acceptors (Lipinski definition) is 4. The number of halogens is 3. The van der Waals surface area contributed by atoms with Crippen LogP contribution in [-0.4, -0.2) is 15.0 Å². The van der Waals surface area contributed by atoms with Gasteiger partial charge in [-0.2, -0.15) is 13.2 Å². The zero-order chi connectivity index (χ0) is 15.1. The monoisotopic (exact) mass is 284 g/mol. The van der Waals surface area contributed by atoms with Gasteiger partial charge in [0.05, 0.1) is 11.3 Å². The minimum absolute atomic E-state index is 0.0511. The molecule has 3 N–H and O–H groups in total. The number of anilines is 1. The molecule has 0 amide bonds. The number of nitrogens with zero attached hydrogens (tertiary/aromatic N) is 2. The molecule has 0 saturated carbocycles. The van der Waals surface area contributed by atoms with Crippen molar-refractivity contribution in [1.82, 2.24) is 15.0 Å². The van der Waals surface area contributed by atoms with E-state index < -0.39 is 23.4 Å². The molecule has 0 radical (unpaired) electrons. The van der Waals surface area contributed by atoms with E-state index >= 15 is 0 Å². The second kappa shape index (κ2) is 4.62. The fraction of sp³-hybridized carbons (Fsp3) is 0.250. The van der Waals surface area contributed by atoms with Crippen LogP contribution >= 0.6 is 0 Å². The van der Waals surface area contributed by atoms with Crippen molar-refractivity contribution in [2.45, 2.75) is 20.0 Å². The van der Waals surface area contributed by atoms with Crippen LogP contribution in [0.3, 0.4) is 0 Å². The Balaban J connectivity index is 2.71. The summed E-state index contributed by atoms with van der Waals surface area (Å²) < 4.78 is 38.1. The molecule has 0 bridgehead atoms. The lowest BCUT2D eigenvalue weighted by molar-refractivity contribution is -0.141. The topological polar surface area (TPSA) is 84.7 Å². The van der Waals surface area contributed by atoms with Gasteiger partial charge in [-0.1, -0.05) is 0 Å². The van der Waals surface area contributed by atoms with Crippen LogP contribution in [0.2, 0.25) is 0 Å². The molecular weight excluding hydrogens is 273 g/mol. The predicted molar refractivity (Wildman–Crippen MR) is 67.0 cm³/mol. The van der Waals surface area contributed by atoms with Crippen LogP contribution < -0.4 is 11.3 Å². The van der Waals surface area contributed by atoms with Crippen LogP contribution in [0.15, 0.2) is 16.9 Å². The number of nitrogen functional groups attached to an aromatic ring is 1. The number of nitrogens with one attached hydrogen (secondary N) is 1. The third-order valence-electron chi connectivity index (χ3n) is 2.66. The number of H-pyrrole nitrogens is 1. The first-order valence-electron chi connectivity index (χ1n) is 5.61. The number of aryl methyl sites for hydroxylation is 2. The average molecular weight is 284 g/mol. The SMILES string of the molecule is Cc1cc(C)c(-c2cc(C(F)(F)F)nc(N)n2)c(=O)[nH]1. The van der Waals surface area contributed by atoms with Gasteiger partial charge >= 0.3 is 6.18 Å². The smallest absolute Gasteiger partial charge is 0.368 e. The van der Waals surface area contributed by atoms with Gasteiger partial charge in [-0.3, -0.25) is 4.79 Å². The third-order valence-corrected chi connectivity index (χ3v) is 2.66. The zero-order valence-electron chi connectivity index (χ0n) is 10.7. The van der Waals surface area contributed by atoms with E-state index in [1.807, 2.05) is 0 Å². The van der Waals surface area contributed by atoms with Crippen molar-refractivity contribution >= 4 is 5.95 Å². The first-order valence-corrected chi connectivity index (χ1v) is 5.61. The van der Waals surface area contributed by atoms with E-state index in [-0.39, 0.29) is 11.3 Å². The minimum Gasteiger partial charge on any atom is -0.368 e. The molecular formula is C12H11F3N4O. The Morgan fingerprint density at radius 1 is 1.20 bits per heavy atom. The quantitative estimate of drug-likeness (QED) is 0.839. The van der Waals surface area contributed by atoms with E-state index in [0.717, 1.165) is 0 Å². The number of pyridine rings is 1. The van der Waals surface area contributed by atoms with Crippen molar-refractivity contribution in [2.24, 2.45) is 0 Å². The highest BCUT2D eigenvalue weighted by Crippen LogP contribution is 2.30. The summed E-state index contributed by atoms with van der Waals surface area (Å²) >= 11 is 0.